The van der Waals surface area contributed by atoms with E-state index in [9.17, 15) is 9.90 Å². The molecule has 3 aromatic rings. The summed E-state index contributed by atoms with van der Waals surface area (Å²) in [5, 5.41) is 22.8. The highest BCUT2D eigenvalue weighted by Gasteiger charge is 2.29. The van der Waals surface area contributed by atoms with Gasteiger partial charge in [0.1, 0.15) is 0 Å². The minimum atomic E-state index is -0.122. The summed E-state index contributed by atoms with van der Waals surface area (Å²) in [5.74, 6) is 0.920. The molecule has 0 unspecified atom stereocenters. The number of aromatic nitrogens is 5. The minimum absolute atomic E-state index is 0.0719. The maximum absolute atomic E-state index is 12.9. The predicted molar refractivity (Wildman–Crippen MR) is 123 cm³/mol. The molecular weight excluding hydrogens is 408 g/mol. The van der Waals surface area contributed by atoms with Crippen LogP contribution < -0.4 is 5.56 Å². The van der Waals surface area contributed by atoms with Gasteiger partial charge < -0.3 is 14.8 Å². The second-order valence-electron chi connectivity index (χ2n) is 8.64. The maximum Gasteiger partial charge on any atom is 0.252 e. The first-order valence-corrected chi connectivity index (χ1v) is 11.1. The van der Waals surface area contributed by atoms with Crippen molar-refractivity contribution in [3.8, 4) is 0 Å². The fourth-order valence-electron chi connectivity index (χ4n) is 4.09. The summed E-state index contributed by atoms with van der Waals surface area (Å²) in [4.78, 5) is 18.2. The Balaban J connectivity index is 2.00. The van der Waals surface area contributed by atoms with Crippen LogP contribution in [0.25, 0.3) is 10.9 Å². The highest BCUT2D eigenvalue weighted by molar-refractivity contribution is 5.80. The Morgan fingerprint density at radius 3 is 2.66 bits per heavy atom. The van der Waals surface area contributed by atoms with Crippen LogP contribution in [0.4, 0.5) is 0 Å². The quantitative estimate of drug-likeness (QED) is 0.469. The highest BCUT2D eigenvalue weighted by Crippen LogP contribution is 2.29. The lowest BCUT2D eigenvalue weighted by Gasteiger charge is -2.33. The Hall–Kier alpha value is -2.62. The molecule has 9 nitrogen and oxygen atoms in total. The van der Waals surface area contributed by atoms with Crippen molar-refractivity contribution in [3.63, 3.8) is 0 Å². The van der Waals surface area contributed by atoms with E-state index in [4.69, 9.17) is 4.74 Å². The number of nitrogens with zero attached hydrogens (tertiary/aromatic N) is 5. The highest BCUT2D eigenvalue weighted by atomic mass is 16.5. The Morgan fingerprint density at radius 1 is 1.22 bits per heavy atom. The van der Waals surface area contributed by atoms with Gasteiger partial charge in [-0.05, 0) is 71.3 Å². The summed E-state index contributed by atoms with van der Waals surface area (Å²) in [7, 11) is 1.65. The number of fused-ring (bicyclic) bond motifs is 1. The number of hydrogen-bond donors (Lipinski definition) is 2. The van der Waals surface area contributed by atoms with Crippen molar-refractivity contribution in [1.29, 1.82) is 0 Å². The van der Waals surface area contributed by atoms with Gasteiger partial charge in [-0.25, -0.2) is 4.68 Å². The number of aromatic amines is 1. The standard InChI is InChI=1S/C23H34N6O3/c1-15(2)21(22-25-26-27-29(22)8-10-32-5)28(7-6-9-30)14-19-13-18-11-16(3)17(4)12-20(18)24-23(19)31/h11-13,15,21,30H,6-10,14H2,1-5H3,(H,24,31)/t21-/m0/s1. The second kappa shape index (κ2) is 10.8. The van der Waals surface area contributed by atoms with Crippen LogP contribution in [0, 0.1) is 19.8 Å². The summed E-state index contributed by atoms with van der Waals surface area (Å²) in [5.41, 5.74) is 3.75. The molecule has 0 radical (unpaired) electrons. The molecule has 0 aliphatic carbocycles. The molecule has 0 aliphatic heterocycles. The van der Waals surface area contributed by atoms with Crippen molar-refractivity contribution in [3.05, 3.63) is 51.1 Å². The number of H-pyrrole nitrogens is 1. The molecule has 1 aromatic carbocycles. The number of aryl methyl sites for hydroxylation is 2. The van der Waals surface area contributed by atoms with Gasteiger partial charge in [0.05, 0.1) is 19.2 Å². The second-order valence-corrected chi connectivity index (χ2v) is 8.64. The number of aliphatic hydroxyl groups is 1. The fraction of sp³-hybridized carbons (Fsp3) is 0.565. The number of rotatable bonds is 11. The summed E-state index contributed by atoms with van der Waals surface area (Å²) in [6.07, 6.45) is 0.590. The normalized spacial score (nSPS) is 12.9. The molecule has 1 atom stereocenters. The number of benzene rings is 1. The Morgan fingerprint density at radius 2 is 1.97 bits per heavy atom. The van der Waals surface area contributed by atoms with Crippen LogP contribution >= 0.6 is 0 Å². The van der Waals surface area contributed by atoms with Gasteiger partial charge in [-0.15, -0.1) is 5.10 Å². The molecule has 0 spiro atoms. The van der Waals surface area contributed by atoms with Crippen LogP contribution in [0.5, 0.6) is 0 Å². The zero-order valence-corrected chi connectivity index (χ0v) is 19.6. The lowest BCUT2D eigenvalue weighted by molar-refractivity contribution is 0.118. The van der Waals surface area contributed by atoms with Crippen molar-refractivity contribution >= 4 is 10.9 Å². The third kappa shape index (κ3) is 5.40. The van der Waals surface area contributed by atoms with Crippen molar-refractivity contribution < 1.29 is 9.84 Å². The number of tetrazole rings is 1. The summed E-state index contributed by atoms with van der Waals surface area (Å²) >= 11 is 0. The Labute approximate surface area is 188 Å². The van der Waals surface area contributed by atoms with Crippen LogP contribution in [-0.2, 0) is 17.8 Å². The summed E-state index contributed by atoms with van der Waals surface area (Å²) in [6.45, 7) is 10.5. The van der Waals surface area contributed by atoms with Gasteiger partial charge >= 0.3 is 0 Å². The number of ether oxygens (including phenoxy) is 1. The zero-order chi connectivity index (χ0) is 23.3. The van der Waals surface area contributed by atoms with Gasteiger partial charge in [-0.3, -0.25) is 9.69 Å². The topological polar surface area (TPSA) is 109 Å². The molecule has 3 rings (SSSR count). The summed E-state index contributed by atoms with van der Waals surface area (Å²) < 4.78 is 6.96. The molecule has 0 amide bonds. The zero-order valence-electron chi connectivity index (χ0n) is 19.6. The van der Waals surface area contributed by atoms with Crippen molar-refractivity contribution in [1.82, 2.24) is 30.1 Å². The number of hydrogen-bond acceptors (Lipinski definition) is 7. The molecule has 2 aromatic heterocycles. The first-order valence-electron chi connectivity index (χ1n) is 11.1. The number of nitrogens with one attached hydrogen (secondary N) is 1. The molecule has 0 bridgehead atoms. The maximum atomic E-state index is 12.9. The first-order chi connectivity index (χ1) is 15.3. The molecule has 0 saturated heterocycles. The van der Waals surface area contributed by atoms with E-state index >= 15 is 0 Å². The lowest BCUT2D eigenvalue weighted by atomic mass is 9.99. The van der Waals surface area contributed by atoms with Crippen molar-refractivity contribution in [2.45, 2.75) is 53.2 Å². The van der Waals surface area contributed by atoms with E-state index in [-0.39, 0.29) is 24.1 Å². The van der Waals surface area contributed by atoms with Crippen molar-refractivity contribution in [2.75, 3.05) is 26.9 Å². The molecule has 32 heavy (non-hydrogen) atoms. The Kier molecular flexibility index (Phi) is 8.11. The van der Waals surface area contributed by atoms with Gasteiger partial charge in [0.25, 0.3) is 5.56 Å². The first kappa shape index (κ1) is 24.0. The van der Waals surface area contributed by atoms with Gasteiger partial charge in [-0.2, -0.15) is 0 Å². The van der Waals surface area contributed by atoms with Gasteiger partial charge in [0.15, 0.2) is 5.82 Å². The van der Waals surface area contributed by atoms with Gasteiger partial charge in [0.2, 0.25) is 0 Å². The Bertz CT molecular complexity index is 1090. The molecule has 0 saturated carbocycles. The van der Waals surface area contributed by atoms with E-state index in [0.29, 0.717) is 38.2 Å². The summed E-state index contributed by atoms with van der Waals surface area (Å²) in [6, 6.07) is 5.97. The molecule has 2 heterocycles. The smallest absolute Gasteiger partial charge is 0.252 e. The monoisotopic (exact) mass is 442 g/mol. The molecular formula is C23H34N6O3. The molecule has 174 valence electrons. The molecule has 0 fully saturated rings. The van der Waals surface area contributed by atoms with E-state index < -0.39 is 0 Å². The third-order valence-corrected chi connectivity index (χ3v) is 5.87. The average molecular weight is 443 g/mol. The van der Waals surface area contributed by atoms with E-state index in [0.717, 1.165) is 22.3 Å². The van der Waals surface area contributed by atoms with Crippen LogP contribution in [0.2, 0.25) is 0 Å². The van der Waals surface area contributed by atoms with Crippen LogP contribution in [0.15, 0.2) is 23.0 Å². The van der Waals surface area contributed by atoms with E-state index in [1.807, 2.05) is 19.1 Å². The third-order valence-electron chi connectivity index (χ3n) is 5.87. The SMILES string of the molecule is COCCn1nnnc1[C@H](C(C)C)N(CCCO)Cc1cc2cc(C)c(C)cc2[nH]c1=O. The largest absolute Gasteiger partial charge is 0.396 e. The number of aliphatic hydroxyl groups excluding tert-OH is 1. The van der Waals surface area contributed by atoms with Crippen LogP contribution in [0.3, 0.4) is 0 Å². The molecule has 0 aliphatic rings. The average Bonchev–Trinajstić information content (AvgIpc) is 3.20. The molecule has 2 N–H and O–H groups in total. The van der Waals surface area contributed by atoms with Crippen molar-refractivity contribution in [2.24, 2.45) is 5.92 Å². The lowest BCUT2D eigenvalue weighted by Crippen LogP contribution is -2.36. The van der Waals surface area contributed by atoms with E-state index in [1.165, 1.54) is 5.56 Å². The molecule has 9 heteroatoms. The number of methoxy groups -OCH3 is 1. The van der Waals surface area contributed by atoms with Gasteiger partial charge in [0, 0.05) is 37.9 Å². The predicted octanol–water partition coefficient (Wildman–Crippen LogP) is 2.36. The van der Waals surface area contributed by atoms with Crippen LogP contribution in [-0.4, -0.2) is 62.1 Å². The van der Waals surface area contributed by atoms with Gasteiger partial charge in [-0.1, -0.05) is 13.8 Å². The minimum Gasteiger partial charge on any atom is -0.396 e. The number of pyridine rings is 1. The fourth-order valence-corrected chi connectivity index (χ4v) is 4.09. The van der Waals surface area contributed by atoms with E-state index in [1.54, 1.807) is 11.8 Å². The van der Waals surface area contributed by atoms with E-state index in [2.05, 4.69) is 52.2 Å². The van der Waals surface area contributed by atoms with Crippen LogP contribution in [0.1, 0.15) is 48.8 Å².